The van der Waals surface area contributed by atoms with Crippen molar-refractivity contribution in [1.29, 1.82) is 0 Å². The van der Waals surface area contributed by atoms with Crippen molar-refractivity contribution >= 4 is 17.5 Å². The average Bonchev–Trinajstić information content (AvgIpc) is 3.18. The van der Waals surface area contributed by atoms with E-state index in [1.165, 1.54) is 0 Å². The number of amides is 1. The molecule has 3 aromatic rings. The van der Waals surface area contributed by atoms with Crippen molar-refractivity contribution in [2.75, 3.05) is 37.7 Å². The zero-order valence-electron chi connectivity index (χ0n) is 15.5. The number of aryl methyl sites for hydroxylation is 1. The first-order chi connectivity index (χ1) is 13.2. The maximum atomic E-state index is 12.7. The van der Waals surface area contributed by atoms with E-state index in [9.17, 15) is 4.79 Å². The lowest BCUT2D eigenvalue weighted by Gasteiger charge is -2.35. The molecular formula is C19H22N6O2. The molecule has 0 N–H and O–H groups in total. The molecule has 8 nitrogen and oxygen atoms in total. The lowest BCUT2D eigenvalue weighted by Crippen LogP contribution is -2.49. The van der Waals surface area contributed by atoms with E-state index >= 15 is 0 Å². The van der Waals surface area contributed by atoms with Crippen LogP contribution in [0.1, 0.15) is 23.0 Å². The summed E-state index contributed by atoms with van der Waals surface area (Å²) < 4.78 is 7.29. The minimum Gasteiger partial charge on any atom is -0.494 e. The van der Waals surface area contributed by atoms with E-state index in [0.29, 0.717) is 31.0 Å². The van der Waals surface area contributed by atoms with Crippen LogP contribution < -0.4 is 9.64 Å². The minimum absolute atomic E-state index is 0.0507. The lowest BCUT2D eigenvalue weighted by atomic mass is 10.1. The molecule has 1 aliphatic heterocycles. The van der Waals surface area contributed by atoms with Crippen molar-refractivity contribution in [3.63, 3.8) is 0 Å². The summed E-state index contributed by atoms with van der Waals surface area (Å²) in [6.07, 6.45) is 1.66. The van der Waals surface area contributed by atoms with Gasteiger partial charge in [0.25, 0.3) is 11.7 Å². The smallest absolute Gasteiger partial charge is 0.256 e. The van der Waals surface area contributed by atoms with Gasteiger partial charge in [0.15, 0.2) is 0 Å². The molecule has 1 amide bonds. The topological polar surface area (TPSA) is 75.9 Å². The number of nitrogens with zero attached hydrogens (tertiary/aromatic N) is 6. The van der Waals surface area contributed by atoms with Gasteiger partial charge in [-0.25, -0.2) is 0 Å². The van der Waals surface area contributed by atoms with Gasteiger partial charge in [-0.3, -0.25) is 9.20 Å². The van der Waals surface area contributed by atoms with Crippen LogP contribution in [0.15, 0.2) is 36.7 Å². The molecule has 4 rings (SSSR count). The van der Waals surface area contributed by atoms with Gasteiger partial charge in [-0.1, -0.05) is 0 Å². The normalized spacial score (nSPS) is 14.6. The first-order valence-corrected chi connectivity index (χ1v) is 9.10. The number of piperazine rings is 1. The highest BCUT2D eigenvalue weighted by atomic mass is 16.5. The van der Waals surface area contributed by atoms with Gasteiger partial charge in [-0.05, 0) is 38.1 Å². The first-order valence-electron chi connectivity index (χ1n) is 9.10. The molecule has 1 aliphatic rings. The molecule has 3 heterocycles. The Labute approximate surface area is 157 Å². The number of carbonyl (C=O) groups excluding carboxylic acids is 1. The standard InChI is InChI=1S/C19H22N6O2/c1-3-27-16-6-4-15(5-7-16)18(26)24-10-8-23(9-11-24)17-12-14(2)25-13-20-22-19(25)21-17/h4-7,12-13H,3,8-11H2,1-2H3. The van der Waals surface area contributed by atoms with E-state index in [2.05, 4.69) is 20.1 Å². The molecule has 0 atom stereocenters. The van der Waals surface area contributed by atoms with Gasteiger partial charge in [0.2, 0.25) is 0 Å². The molecule has 8 heteroatoms. The average molecular weight is 366 g/mol. The van der Waals surface area contributed by atoms with Crippen LogP contribution in [0.3, 0.4) is 0 Å². The molecule has 1 saturated heterocycles. The molecule has 0 bridgehead atoms. The monoisotopic (exact) mass is 366 g/mol. The van der Waals surface area contributed by atoms with Crippen LogP contribution in [0.5, 0.6) is 5.75 Å². The number of hydrogen-bond acceptors (Lipinski definition) is 6. The zero-order chi connectivity index (χ0) is 18.8. The van der Waals surface area contributed by atoms with Gasteiger partial charge in [0, 0.05) is 43.5 Å². The van der Waals surface area contributed by atoms with Gasteiger partial charge in [0.1, 0.15) is 17.9 Å². The highest BCUT2D eigenvalue weighted by Crippen LogP contribution is 2.19. The molecule has 140 valence electrons. The largest absolute Gasteiger partial charge is 0.494 e. The Morgan fingerprint density at radius 2 is 1.89 bits per heavy atom. The van der Waals surface area contributed by atoms with Crippen LogP contribution in [0.2, 0.25) is 0 Å². The maximum Gasteiger partial charge on any atom is 0.256 e. The van der Waals surface area contributed by atoms with Crippen molar-refractivity contribution in [2.45, 2.75) is 13.8 Å². The van der Waals surface area contributed by atoms with E-state index in [0.717, 1.165) is 30.4 Å². The zero-order valence-corrected chi connectivity index (χ0v) is 15.5. The molecule has 1 fully saturated rings. The molecule has 0 aliphatic carbocycles. The number of benzene rings is 1. The first kappa shape index (κ1) is 17.3. The Morgan fingerprint density at radius 3 is 2.59 bits per heavy atom. The van der Waals surface area contributed by atoms with Crippen molar-refractivity contribution in [3.05, 3.63) is 47.9 Å². The second-order valence-electron chi connectivity index (χ2n) is 6.49. The summed E-state index contributed by atoms with van der Waals surface area (Å²) in [6.45, 7) is 7.35. The summed E-state index contributed by atoms with van der Waals surface area (Å²) in [5.41, 5.74) is 1.72. The van der Waals surface area contributed by atoms with Crippen LogP contribution in [0, 0.1) is 6.92 Å². The van der Waals surface area contributed by atoms with E-state index in [1.807, 2.05) is 53.5 Å². The Balaban J connectivity index is 1.42. The number of fused-ring (bicyclic) bond motifs is 1. The molecule has 1 aromatic carbocycles. The summed E-state index contributed by atoms with van der Waals surface area (Å²) in [7, 11) is 0. The third kappa shape index (κ3) is 3.42. The number of carbonyl (C=O) groups is 1. The molecular weight excluding hydrogens is 344 g/mol. The molecule has 0 spiro atoms. The van der Waals surface area contributed by atoms with Crippen molar-refractivity contribution in [3.8, 4) is 5.75 Å². The fourth-order valence-corrected chi connectivity index (χ4v) is 3.29. The van der Waals surface area contributed by atoms with E-state index < -0.39 is 0 Å². The fraction of sp³-hybridized carbons (Fsp3) is 0.368. The second kappa shape index (κ2) is 7.22. The Bertz CT molecular complexity index is 944. The van der Waals surface area contributed by atoms with Gasteiger partial charge >= 0.3 is 0 Å². The summed E-state index contributed by atoms with van der Waals surface area (Å²) in [6, 6.07) is 9.36. The Morgan fingerprint density at radius 1 is 1.15 bits per heavy atom. The Kier molecular flexibility index (Phi) is 4.62. The third-order valence-corrected chi connectivity index (χ3v) is 4.77. The fourth-order valence-electron chi connectivity index (χ4n) is 3.29. The van der Waals surface area contributed by atoms with Crippen LogP contribution >= 0.6 is 0 Å². The van der Waals surface area contributed by atoms with Crippen molar-refractivity contribution in [1.82, 2.24) is 24.5 Å². The van der Waals surface area contributed by atoms with E-state index in [-0.39, 0.29) is 5.91 Å². The number of anilines is 1. The third-order valence-electron chi connectivity index (χ3n) is 4.77. The summed E-state index contributed by atoms with van der Waals surface area (Å²) in [5.74, 6) is 2.30. The SMILES string of the molecule is CCOc1ccc(C(=O)N2CCN(c3cc(C)n4cnnc4n3)CC2)cc1. The van der Waals surface area contributed by atoms with Crippen LogP contribution in [0.25, 0.3) is 5.78 Å². The van der Waals surface area contributed by atoms with Gasteiger partial charge < -0.3 is 14.5 Å². The minimum atomic E-state index is 0.0507. The van der Waals surface area contributed by atoms with E-state index in [4.69, 9.17) is 4.74 Å². The predicted octanol–water partition coefficient (Wildman–Crippen LogP) is 1.79. The summed E-state index contributed by atoms with van der Waals surface area (Å²) >= 11 is 0. The summed E-state index contributed by atoms with van der Waals surface area (Å²) in [5, 5.41) is 7.94. The molecule has 0 saturated carbocycles. The number of hydrogen-bond donors (Lipinski definition) is 0. The molecule has 0 unspecified atom stereocenters. The van der Waals surface area contributed by atoms with Crippen LogP contribution in [-0.4, -0.2) is 63.2 Å². The Hall–Kier alpha value is -3.16. The number of aromatic nitrogens is 4. The quantitative estimate of drug-likeness (QED) is 0.701. The maximum absolute atomic E-state index is 12.7. The van der Waals surface area contributed by atoms with Gasteiger partial charge in [-0.2, -0.15) is 4.98 Å². The highest BCUT2D eigenvalue weighted by Gasteiger charge is 2.23. The second-order valence-corrected chi connectivity index (χ2v) is 6.49. The molecule has 2 aromatic heterocycles. The lowest BCUT2D eigenvalue weighted by molar-refractivity contribution is 0.0746. The molecule has 0 radical (unpaired) electrons. The molecule has 27 heavy (non-hydrogen) atoms. The number of rotatable bonds is 4. The van der Waals surface area contributed by atoms with Crippen LogP contribution in [0.4, 0.5) is 5.82 Å². The van der Waals surface area contributed by atoms with E-state index in [1.54, 1.807) is 6.33 Å². The van der Waals surface area contributed by atoms with Crippen molar-refractivity contribution < 1.29 is 9.53 Å². The van der Waals surface area contributed by atoms with Gasteiger partial charge in [0.05, 0.1) is 6.61 Å². The van der Waals surface area contributed by atoms with Crippen molar-refractivity contribution in [2.24, 2.45) is 0 Å². The van der Waals surface area contributed by atoms with Crippen LogP contribution in [-0.2, 0) is 0 Å². The number of ether oxygens (including phenoxy) is 1. The highest BCUT2D eigenvalue weighted by molar-refractivity contribution is 5.94. The predicted molar refractivity (Wildman–Crippen MR) is 101 cm³/mol. The summed E-state index contributed by atoms with van der Waals surface area (Å²) in [4.78, 5) is 21.4. The van der Waals surface area contributed by atoms with Gasteiger partial charge in [-0.15, -0.1) is 10.2 Å².